The summed E-state index contributed by atoms with van der Waals surface area (Å²) in [4.78, 5) is 14.5. The molecule has 1 heterocycles. The van der Waals surface area contributed by atoms with Crippen molar-refractivity contribution < 1.29 is 13.6 Å². The third-order valence-corrected chi connectivity index (χ3v) is 10.2. The summed E-state index contributed by atoms with van der Waals surface area (Å²) in [5.41, 5.74) is -0.301. The standard InChI is InChI=1S/C23H32F2N4O/c1-12-3-5-14-13(9-12)4-6-16-15(14)7-8-22(2)18(16)20-21(23(20,24)25)19(22)17(30)10-29-27-11-26-28-29/h11-16,18-21H,3-10H2,1-2H3/t12-,13+,14-,15+,16+,18?,19-,20-,21+,22-/m0/s1. The van der Waals surface area contributed by atoms with Gasteiger partial charge in [-0.15, -0.1) is 10.2 Å². The fourth-order valence-electron chi connectivity index (χ4n) is 9.15. The topological polar surface area (TPSA) is 60.7 Å². The van der Waals surface area contributed by atoms with E-state index in [1.54, 1.807) is 0 Å². The SMILES string of the molecule is C[C@H]1CC[C@H]2[C@H](CC[C@H]3C4[C@H]5[C@@H]([C@H](C(=O)Cn6ncnn6)[C@@]4(C)CC[C@H]23)C5(F)F)C1. The smallest absolute Gasteiger partial charge is 0.255 e. The minimum atomic E-state index is -2.68. The molecule has 0 amide bonds. The van der Waals surface area contributed by atoms with Crippen LogP contribution in [0.5, 0.6) is 0 Å². The maximum atomic E-state index is 15.0. The van der Waals surface area contributed by atoms with E-state index in [1.807, 2.05) is 0 Å². The lowest BCUT2D eigenvalue weighted by atomic mass is 9.48. The van der Waals surface area contributed by atoms with E-state index in [9.17, 15) is 4.79 Å². The molecule has 5 nitrogen and oxygen atoms in total. The van der Waals surface area contributed by atoms with Crippen LogP contribution in [0.3, 0.4) is 0 Å². The van der Waals surface area contributed by atoms with Crippen LogP contribution in [-0.2, 0) is 11.3 Å². The van der Waals surface area contributed by atoms with Crippen molar-refractivity contribution in [2.45, 2.75) is 71.3 Å². The Balaban J connectivity index is 1.30. The van der Waals surface area contributed by atoms with Crippen LogP contribution in [0.2, 0.25) is 0 Å². The van der Waals surface area contributed by atoms with Crippen LogP contribution < -0.4 is 0 Å². The third-order valence-electron chi connectivity index (χ3n) is 10.2. The maximum absolute atomic E-state index is 15.0. The van der Waals surface area contributed by atoms with Crippen LogP contribution in [0.4, 0.5) is 8.78 Å². The number of nitrogens with zero attached hydrogens (tertiary/aromatic N) is 4. The Hall–Kier alpha value is -1.40. The molecule has 0 saturated heterocycles. The van der Waals surface area contributed by atoms with Gasteiger partial charge in [0, 0.05) is 17.8 Å². The van der Waals surface area contributed by atoms with E-state index < -0.39 is 23.7 Å². The van der Waals surface area contributed by atoms with Crippen LogP contribution in [-0.4, -0.2) is 31.9 Å². The summed E-state index contributed by atoms with van der Waals surface area (Å²) < 4.78 is 30.0. The molecule has 0 aliphatic heterocycles. The van der Waals surface area contributed by atoms with E-state index in [-0.39, 0.29) is 23.7 Å². The third kappa shape index (κ3) is 2.49. The van der Waals surface area contributed by atoms with E-state index in [0.29, 0.717) is 11.8 Å². The monoisotopic (exact) mass is 418 g/mol. The predicted molar refractivity (Wildman–Crippen MR) is 105 cm³/mol. The van der Waals surface area contributed by atoms with Gasteiger partial charge in [0.05, 0.1) is 0 Å². The number of fused-ring (bicyclic) bond motifs is 7. The van der Waals surface area contributed by atoms with E-state index in [1.165, 1.54) is 36.8 Å². The number of halogens is 2. The van der Waals surface area contributed by atoms with Gasteiger partial charge in [-0.05, 0) is 84.7 Å². The lowest BCUT2D eigenvalue weighted by Gasteiger charge is -2.57. The van der Waals surface area contributed by atoms with Gasteiger partial charge in [-0.1, -0.05) is 20.3 Å². The predicted octanol–water partition coefficient (Wildman–Crippen LogP) is 4.25. The average molecular weight is 419 g/mol. The highest BCUT2D eigenvalue weighted by Gasteiger charge is 2.84. The first-order valence-corrected chi connectivity index (χ1v) is 11.9. The minimum absolute atomic E-state index is 0.00537. The van der Waals surface area contributed by atoms with Gasteiger partial charge in [0.1, 0.15) is 6.54 Å². The van der Waals surface area contributed by atoms with Crippen molar-refractivity contribution >= 4 is 5.78 Å². The Morgan fingerprint density at radius 3 is 2.63 bits per heavy atom. The molecule has 0 bridgehead atoms. The van der Waals surface area contributed by atoms with Crippen molar-refractivity contribution in [3.8, 4) is 0 Å². The van der Waals surface area contributed by atoms with E-state index >= 15 is 8.78 Å². The highest BCUT2D eigenvalue weighted by molar-refractivity contribution is 5.83. The van der Waals surface area contributed by atoms with Crippen molar-refractivity contribution in [1.29, 1.82) is 0 Å². The Morgan fingerprint density at radius 1 is 1.07 bits per heavy atom. The highest BCUT2D eigenvalue weighted by Crippen LogP contribution is 2.79. The number of rotatable bonds is 3. The van der Waals surface area contributed by atoms with E-state index in [4.69, 9.17) is 0 Å². The van der Waals surface area contributed by atoms with Crippen LogP contribution >= 0.6 is 0 Å². The van der Waals surface area contributed by atoms with Crippen molar-refractivity contribution in [3.63, 3.8) is 0 Å². The highest BCUT2D eigenvalue weighted by atomic mass is 19.3. The molecule has 5 saturated carbocycles. The Kier molecular flexibility index (Phi) is 4.06. The summed E-state index contributed by atoms with van der Waals surface area (Å²) in [6.07, 6.45) is 9.50. The normalized spacial score (nSPS) is 50.7. The molecule has 1 aromatic heterocycles. The molecular weight excluding hydrogens is 386 g/mol. The molecule has 5 fully saturated rings. The first-order valence-electron chi connectivity index (χ1n) is 11.9. The van der Waals surface area contributed by atoms with Crippen molar-refractivity contribution in [2.75, 3.05) is 0 Å². The number of aromatic nitrogens is 4. The number of carbonyl (C=O) groups excluding carboxylic acids is 1. The van der Waals surface area contributed by atoms with Crippen molar-refractivity contribution in [1.82, 2.24) is 20.2 Å². The van der Waals surface area contributed by atoms with Crippen LogP contribution in [0.15, 0.2) is 6.33 Å². The zero-order valence-corrected chi connectivity index (χ0v) is 17.9. The second-order valence-corrected chi connectivity index (χ2v) is 11.5. The molecular formula is C23H32F2N4O. The van der Waals surface area contributed by atoms with Crippen molar-refractivity contribution in [2.24, 2.45) is 58.7 Å². The molecule has 5 aliphatic carbocycles. The minimum Gasteiger partial charge on any atom is -0.297 e. The van der Waals surface area contributed by atoms with Gasteiger partial charge in [-0.25, -0.2) is 8.78 Å². The van der Waals surface area contributed by atoms with Gasteiger partial charge >= 0.3 is 0 Å². The van der Waals surface area contributed by atoms with Crippen LogP contribution in [0.1, 0.15) is 58.8 Å². The quantitative estimate of drug-likeness (QED) is 0.736. The Labute approximate surface area is 176 Å². The second kappa shape index (κ2) is 6.32. The number of carbonyl (C=O) groups is 1. The van der Waals surface area contributed by atoms with Crippen LogP contribution in [0, 0.1) is 58.7 Å². The molecule has 10 atom stereocenters. The lowest BCUT2D eigenvalue weighted by Crippen LogP contribution is -2.52. The summed E-state index contributed by atoms with van der Waals surface area (Å²) in [7, 11) is 0. The molecule has 0 spiro atoms. The fraction of sp³-hybridized carbons (Fsp3) is 0.913. The second-order valence-electron chi connectivity index (χ2n) is 11.5. The number of hydrogen-bond donors (Lipinski definition) is 0. The molecule has 1 aromatic rings. The number of ketones is 1. The average Bonchev–Trinajstić information content (AvgIpc) is 3.08. The molecule has 0 aromatic carbocycles. The zero-order valence-electron chi connectivity index (χ0n) is 17.9. The molecule has 164 valence electrons. The first kappa shape index (κ1) is 19.3. The zero-order chi connectivity index (χ0) is 20.8. The summed E-state index contributed by atoms with van der Waals surface area (Å²) >= 11 is 0. The molecule has 0 radical (unpaired) electrons. The lowest BCUT2D eigenvalue weighted by molar-refractivity contribution is -0.142. The van der Waals surface area contributed by atoms with Gasteiger partial charge in [0.15, 0.2) is 12.1 Å². The van der Waals surface area contributed by atoms with Crippen molar-refractivity contribution in [3.05, 3.63) is 6.33 Å². The number of tetrazole rings is 1. The Bertz CT molecular complexity index is 844. The summed E-state index contributed by atoms with van der Waals surface area (Å²) in [5.74, 6) is -1.43. The molecule has 6 rings (SSSR count). The summed E-state index contributed by atoms with van der Waals surface area (Å²) in [5, 5.41) is 11.4. The van der Waals surface area contributed by atoms with Gasteiger partial charge in [-0.2, -0.15) is 4.80 Å². The largest absolute Gasteiger partial charge is 0.297 e. The number of hydrogen-bond acceptors (Lipinski definition) is 4. The van der Waals surface area contributed by atoms with Gasteiger partial charge in [-0.3, -0.25) is 4.79 Å². The summed E-state index contributed by atoms with van der Waals surface area (Å²) in [6, 6.07) is 0. The Morgan fingerprint density at radius 2 is 1.87 bits per heavy atom. The van der Waals surface area contributed by atoms with E-state index in [0.717, 1.165) is 37.0 Å². The van der Waals surface area contributed by atoms with Gasteiger partial charge < -0.3 is 0 Å². The molecule has 0 N–H and O–H groups in total. The number of alkyl halides is 2. The molecule has 30 heavy (non-hydrogen) atoms. The fourth-order valence-corrected chi connectivity index (χ4v) is 9.15. The van der Waals surface area contributed by atoms with Gasteiger partial charge in [0.2, 0.25) is 0 Å². The van der Waals surface area contributed by atoms with Crippen LogP contribution in [0.25, 0.3) is 0 Å². The molecule has 1 unspecified atom stereocenters. The molecule has 5 aliphatic rings. The first-order chi connectivity index (χ1) is 14.3. The molecule has 7 heteroatoms. The number of Topliss-reactive ketones (excluding diaryl/α,β-unsaturated/α-hetero) is 1. The summed E-state index contributed by atoms with van der Waals surface area (Å²) in [6.45, 7) is 4.48. The van der Waals surface area contributed by atoms with Gasteiger partial charge in [0.25, 0.3) is 5.92 Å². The maximum Gasteiger partial charge on any atom is 0.255 e. The van der Waals surface area contributed by atoms with E-state index in [2.05, 4.69) is 29.3 Å².